The van der Waals surface area contributed by atoms with Gasteiger partial charge >= 0.3 is 59.1 Å². The topological polar surface area (TPSA) is 269 Å². The number of aliphatic hydroxyl groups excluding tert-OH is 2. The van der Waals surface area contributed by atoms with Crippen LogP contribution in [0.2, 0.25) is 0 Å². The maximum Gasteiger partial charge on any atom is 1.00 e. The molecule has 26 heteroatoms. The van der Waals surface area contributed by atoms with Gasteiger partial charge in [0.05, 0.1) is 25.9 Å². The number of nitrogen functional groups attached to an aromatic ring is 2. The van der Waals surface area contributed by atoms with Crippen molar-refractivity contribution in [3.05, 3.63) is 25.3 Å². The Labute approximate surface area is 313 Å². The van der Waals surface area contributed by atoms with E-state index < -0.39 is 75.9 Å². The molecule has 3 fully saturated rings. The monoisotopic (exact) mass is 734 g/mol. The largest absolute Gasteiger partial charge is 1.00 e. The van der Waals surface area contributed by atoms with Crippen LogP contribution in [-0.4, -0.2) is 99.1 Å². The third-order valence-corrected chi connectivity index (χ3v) is 10.3. The second-order valence-corrected chi connectivity index (χ2v) is 15.3. The molecule has 7 heterocycles. The van der Waals surface area contributed by atoms with Crippen molar-refractivity contribution in [2.45, 2.75) is 49.1 Å². The second-order valence-electron chi connectivity index (χ2n) is 9.90. The number of hydrogen-bond acceptors (Lipinski definition) is 20. The van der Waals surface area contributed by atoms with E-state index in [9.17, 15) is 19.3 Å². The van der Waals surface area contributed by atoms with Crippen molar-refractivity contribution < 1.29 is 106 Å². The molecular formula is C20H22N10Na2O10P2S2. The Morgan fingerprint density at radius 2 is 1.11 bits per heavy atom. The van der Waals surface area contributed by atoms with E-state index in [4.69, 9.17) is 63.5 Å². The van der Waals surface area contributed by atoms with E-state index in [1.54, 1.807) is 0 Å². The van der Waals surface area contributed by atoms with Crippen molar-refractivity contribution in [2.75, 3.05) is 24.7 Å². The minimum atomic E-state index is -4.38. The first-order valence-corrected chi connectivity index (χ1v) is 17.8. The molecule has 10 atom stereocenters. The SMILES string of the molecule is Nc1ncnc2c1ncn2[C@@H]1O[C@H]2COP(=O)([S-])O[C@H]3[C@@H](O)[C@@H](n4cnc5c(N)ncnc54)O[C@@H]3COP(=O)([S-])O[C@H]2[C@H]1O.[Na+].[Na+]. The van der Waals surface area contributed by atoms with E-state index in [1.165, 1.54) is 34.4 Å². The summed E-state index contributed by atoms with van der Waals surface area (Å²) >= 11 is 10.2. The molecule has 0 saturated carbocycles. The Kier molecular flexibility index (Phi) is 11.2. The minimum Gasteiger partial charge on any atom is -0.660 e. The van der Waals surface area contributed by atoms with Crippen molar-refractivity contribution in [3.63, 3.8) is 0 Å². The first-order chi connectivity index (χ1) is 20.9. The van der Waals surface area contributed by atoms with Gasteiger partial charge in [-0.15, -0.1) is 0 Å². The van der Waals surface area contributed by atoms with Crippen LogP contribution >= 0.6 is 13.6 Å². The Bertz CT molecular complexity index is 1710. The number of nitrogens with two attached hydrogens (primary N) is 2. The van der Waals surface area contributed by atoms with Crippen LogP contribution in [0.15, 0.2) is 25.3 Å². The van der Waals surface area contributed by atoms with Crippen molar-refractivity contribution in [3.8, 4) is 0 Å². The van der Waals surface area contributed by atoms with Crippen LogP contribution in [0.5, 0.6) is 0 Å². The van der Waals surface area contributed by atoms with Gasteiger partial charge in [-0.25, -0.2) is 29.9 Å². The molecular weight excluding hydrogens is 712 g/mol. The Morgan fingerprint density at radius 3 is 1.50 bits per heavy atom. The fourth-order valence-electron chi connectivity index (χ4n) is 5.23. The van der Waals surface area contributed by atoms with Gasteiger partial charge in [-0.3, -0.25) is 18.3 Å². The number of fused-ring (bicyclic) bond motifs is 4. The van der Waals surface area contributed by atoms with E-state index in [0.717, 1.165) is 0 Å². The first-order valence-electron chi connectivity index (χ1n) is 12.7. The molecule has 3 saturated heterocycles. The number of aliphatic hydroxyl groups is 2. The molecule has 0 radical (unpaired) electrons. The standard InChI is InChI=1S/C20H24N10O10P2S2.2Na/c21-15-9-17(25-3-23-15)29(5-27-9)19-11(31)13-7(37-19)1-35-41(33,43)40-14-8(2-36-42(34,44)39-13)38-20(12(14)32)30-6-28-10-16(22)24-4-26-18(10)30;;/h3-8,11-14,19-20,31-32H,1-2H2,(H,33,43)(H,34,44)(H2,21,23,25)(H2,22,24,26);;/q;2*+1/p-2/t7-,8+,11-,12-,13-,14-,19+,20-,41?,42?;;/m1../s1. The van der Waals surface area contributed by atoms with Crippen LogP contribution in [0.1, 0.15) is 12.5 Å². The second kappa shape index (κ2) is 14.0. The van der Waals surface area contributed by atoms with Crippen LogP contribution < -0.4 is 70.6 Å². The van der Waals surface area contributed by atoms with Crippen molar-refractivity contribution in [2.24, 2.45) is 0 Å². The molecule has 20 nitrogen and oxygen atoms in total. The Morgan fingerprint density at radius 1 is 0.717 bits per heavy atom. The summed E-state index contributed by atoms with van der Waals surface area (Å²) in [5.41, 5.74) is 12.7. The van der Waals surface area contributed by atoms with Gasteiger partial charge in [0, 0.05) is 0 Å². The maximum atomic E-state index is 13.4. The smallest absolute Gasteiger partial charge is 0.660 e. The molecule has 236 valence electrons. The quantitative estimate of drug-likeness (QED) is 0.0847. The summed E-state index contributed by atoms with van der Waals surface area (Å²) in [6.45, 7) is -9.91. The van der Waals surface area contributed by atoms with Gasteiger partial charge in [0.2, 0.25) is 0 Å². The van der Waals surface area contributed by atoms with Crippen molar-refractivity contribution in [1.29, 1.82) is 0 Å². The van der Waals surface area contributed by atoms with Gasteiger partial charge in [0.1, 0.15) is 60.3 Å². The molecule has 3 aliphatic rings. The Hall–Kier alpha value is -0.460. The van der Waals surface area contributed by atoms with Gasteiger partial charge in [-0.1, -0.05) is 0 Å². The fraction of sp³-hybridized carbons (Fsp3) is 0.500. The molecule has 0 aliphatic carbocycles. The van der Waals surface area contributed by atoms with E-state index in [-0.39, 0.29) is 93.1 Å². The molecule has 2 unspecified atom stereocenters. The zero-order valence-corrected chi connectivity index (χ0v) is 31.4. The summed E-state index contributed by atoms with van der Waals surface area (Å²) in [5.74, 6) is 0.187. The molecule has 3 aliphatic heterocycles. The van der Waals surface area contributed by atoms with Crippen molar-refractivity contribution in [1.82, 2.24) is 39.0 Å². The molecule has 0 spiro atoms. The zero-order chi connectivity index (χ0) is 31.0. The number of anilines is 2. The fourth-order valence-corrected chi connectivity index (χ4v) is 8.09. The van der Waals surface area contributed by atoms with Crippen LogP contribution in [-0.2, 0) is 61.2 Å². The van der Waals surface area contributed by atoms with Crippen LogP contribution in [0.3, 0.4) is 0 Å². The van der Waals surface area contributed by atoms with Gasteiger partial charge in [-0.05, 0) is 0 Å². The molecule has 4 aromatic heterocycles. The van der Waals surface area contributed by atoms with Crippen LogP contribution in [0.25, 0.3) is 22.3 Å². The van der Waals surface area contributed by atoms with Crippen LogP contribution in [0.4, 0.5) is 11.6 Å². The third kappa shape index (κ3) is 6.81. The maximum absolute atomic E-state index is 13.4. The molecule has 0 bridgehead atoms. The summed E-state index contributed by atoms with van der Waals surface area (Å²) < 4.78 is 63.4. The number of hydrogen-bond donors (Lipinski definition) is 4. The van der Waals surface area contributed by atoms with E-state index in [1.807, 2.05) is 0 Å². The average molecular weight is 735 g/mol. The minimum absolute atomic E-state index is 0. The molecule has 4 aromatic rings. The molecule has 6 N–H and O–H groups in total. The van der Waals surface area contributed by atoms with Gasteiger partial charge < -0.3 is 73.7 Å². The Balaban J connectivity index is 0.00000208. The predicted molar refractivity (Wildman–Crippen MR) is 151 cm³/mol. The van der Waals surface area contributed by atoms with Crippen molar-refractivity contribution >= 4 is 72.1 Å². The summed E-state index contributed by atoms with van der Waals surface area (Å²) in [4.78, 5) is 24.3. The summed E-state index contributed by atoms with van der Waals surface area (Å²) in [5, 5.41) is 22.4. The number of ether oxygens (including phenoxy) is 2. The average Bonchev–Trinajstić information content (AvgIpc) is 3.73. The summed E-state index contributed by atoms with van der Waals surface area (Å²) in [7, 11) is 0. The van der Waals surface area contributed by atoms with E-state index >= 15 is 0 Å². The van der Waals surface area contributed by atoms with Crippen LogP contribution in [0, 0.1) is 0 Å². The number of rotatable bonds is 2. The predicted octanol–water partition coefficient (Wildman–Crippen LogP) is -6.52. The van der Waals surface area contributed by atoms with E-state index in [2.05, 4.69) is 29.9 Å². The van der Waals surface area contributed by atoms with Gasteiger partial charge in [0.15, 0.2) is 49.0 Å². The summed E-state index contributed by atoms with van der Waals surface area (Å²) in [6.07, 6.45) is -5.78. The first kappa shape index (κ1) is 36.8. The zero-order valence-electron chi connectivity index (χ0n) is 23.9. The van der Waals surface area contributed by atoms with Gasteiger partial charge in [0.25, 0.3) is 0 Å². The molecule has 46 heavy (non-hydrogen) atoms. The molecule has 0 amide bonds. The normalized spacial score (nSPS) is 36.6. The summed E-state index contributed by atoms with van der Waals surface area (Å²) in [6, 6.07) is 0. The number of nitrogens with zero attached hydrogens (tertiary/aromatic N) is 8. The molecule has 0 aromatic carbocycles. The number of aromatic nitrogens is 8. The number of imidazole rings is 2. The van der Waals surface area contributed by atoms with E-state index in [0.29, 0.717) is 0 Å². The third-order valence-electron chi connectivity index (χ3n) is 7.24. The molecule has 7 rings (SSSR count). The van der Waals surface area contributed by atoms with Gasteiger partial charge in [-0.2, -0.15) is 0 Å².